The summed E-state index contributed by atoms with van der Waals surface area (Å²) in [6.45, 7) is -0.480. The van der Waals surface area contributed by atoms with E-state index in [0.717, 1.165) is 38.5 Å². The number of carboxylic acids is 1. The topological polar surface area (TPSA) is 168 Å². The minimum absolute atomic E-state index is 0. The van der Waals surface area contributed by atoms with Gasteiger partial charge in [-0.25, -0.2) is 0 Å². The number of carboxylic acid groups (broad SMARTS) is 1. The van der Waals surface area contributed by atoms with Gasteiger partial charge in [-0.2, -0.15) is 0 Å². The van der Waals surface area contributed by atoms with Gasteiger partial charge in [-0.3, -0.25) is 9.59 Å². The predicted molar refractivity (Wildman–Crippen MR) is 93.3 cm³/mol. The molecule has 4 unspecified atom stereocenters. The number of aliphatic carboxylic acids is 1. The van der Waals surface area contributed by atoms with Crippen LogP contribution in [0.5, 0.6) is 0 Å². The van der Waals surface area contributed by atoms with Gasteiger partial charge in [0.25, 0.3) is 5.91 Å². The number of rotatable bonds is 16. The number of amides is 1. The van der Waals surface area contributed by atoms with Crippen molar-refractivity contribution in [1.82, 2.24) is 5.32 Å². The molecule has 7 N–H and O–H groups in total. The first-order valence-corrected chi connectivity index (χ1v) is 9.13. The minimum atomic E-state index is -1.89. The smallest absolute Gasteiger partial charge is 0.303 e. The Bertz CT molecular complexity index is 413. The summed E-state index contributed by atoms with van der Waals surface area (Å²) in [7, 11) is 0. The molecule has 0 saturated heterocycles. The summed E-state index contributed by atoms with van der Waals surface area (Å²) < 4.78 is 0. The van der Waals surface area contributed by atoms with E-state index in [9.17, 15) is 30.0 Å². The zero-order valence-electron chi connectivity index (χ0n) is 18.0. The molecule has 0 heterocycles. The first-order valence-electron chi connectivity index (χ1n) is 9.13. The largest absolute Gasteiger partial charge is 0.481 e. The number of unbranched alkanes of at least 4 members (excludes halogenated alkanes) is 7. The van der Waals surface area contributed by atoms with Crippen LogP contribution in [0.25, 0.3) is 0 Å². The predicted octanol–water partition coefficient (Wildman–Crippen LogP) is -0.866. The third kappa shape index (κ3) is 28.8. The van der Waals surface area contributed by atoms with Crippen LogP contribution in [0.4, 0.5) is 0 Å². The molecule has 14 heteroatoms. The monoisotopic (exact) mass is 1510 g/mol. The van der Waals surface area contributed by atoms with Crippen molar-refractivity contribution in [3.05, 3.63) is 0 Å². The second kappa shape index (κ2) is 34.0. The average molecular weight is 1510 g/mol. The van der Waals surface area contributed by atoms with Crippen LogP contribution in [0.1, 0.15) is 57.8 Å². The Kier molecular flexibility index (Phi) is 54.6. The van der Waals surface area contributed by atoms with E-state index in [-0.39, 0.29) is 227 Å². The second-order valence-corrected chi connectivity index (χ2v) is 6.44. The Morgan fingerprint density at radius 2 is 1.10 bits per heavy atom. The molecule has 0 aliphatic rings. The van der Waals surface area contributed by atoms with Crippen LogP contribution in [0.3, 0.4) is 0 Å². The quantitative estimate of drug-likeness (QED) is 0.0982. The first-order chi connectivity index (χ1) is 12.3. The van der Waals surface area contributed by atoms with Crippen molar-refractivity contribution in [2.75, 3.05) is 13.2 Å². The molecule has 4 atom stereocenters. The molecular formula is C17H33Ac5NO8. The fourth-order valence-corrected chi connectivity index (χ4v) is 2.46. The molecule has 0 saturated carbocycles. The minimum Gasteiger partial charge on any atom is -0.481 e. The van der Waals surface area contributed by atoms with Crippen LogP contribution in [0.15, 0.2) is 0 Å². The van der Waals surface area contributed by atoms with E-state index >= 15 is 0 Å². The molecule has 5 radical (unpaired) electrons. The van der Waals surface area contributed by atoms with E-state index in [1.165, 1.54) is 0 Å². The maximum absolute atomic E-state index is 11.7. The van der Waals surface area contributed by atoms with Gasteiger partial charge in [0, 0.05) is 233 Å². The number of carbonyl (C=O) groups is 2. The molecule has 0 aromatic heterocycles. The van der Waals surface area contributed by atoms with E-state index in [4.69, 9.17) is 10.2 Å². The molecule has 0 rings (SSSR count). The molecule has 0 bridgehead atoms. The Balaban J connectivity index is -0.000000312. The van der Waals surface area contributed by atoms with Gasteiger partial charge in [-0.05, 0) is 12.8 Å². The Hall–Kier alpha value is 5.95. The van der Waals surface area contributed by atoms with Gasteiger partial charge in [-0.15, -0.1) is 0 Å². The van der Waals surface area contributed by atoms with E-state index in [1.807, 2.05) is 0 Å². The van der Waals surface area contributed by atoms with Gasteiger partial charge in [0.1, 0.15) is 18.3 Å². The molecule has 9 nitrogen and oxygen atoms in total. The molecule has 169 valence electrons. The van der Waals surface area contributed by atoms with Gasteiger partial charge in [-0.1, -0.05) is 38.5 Å². The van der Waals surface area contributed by atoms with Crippen LogP contribution in [0.2, 0.25) is 0 Å². The van der Waals surface area contributed by atoms with Crippen molar-refractivity contribution in [2.45, 2.75) is 82.2 Å². The van der Waals surface area contributed by atoms with Gasteiger partial charge >= 0.3 is 5.97 Å². The number of aliphatic hydroxyl groups excluding tert-OH is 5. The normalized spacial score (nSPS) is 13.3. The second-order valence-electron chi connectivity index (χ2n) is 6.44. The first kappa shape index (κ1) is 49.9. The number of hydrogen-bond donors (Lipinski definition) is 7. The van der Waals surface area contributed by atoms with Crippen LogP contribution in [-0.2, 0) is 9.59 Å². The fourth-order valence-electron chi connectivity index (χ4n) is 2.46. The summed E-state index contributed by atoms with van der Waals surface area (Å²) in [5.41, 5.74) is 0. The number of carbonyl (C=O) groups excluding carboxylic acids is 1. The van der Waals surface area contributed by atoms with Crippen LogP contribution in [-0.4, -0.2) is 80.1 Å². The van der Waals surface area contributed by atoms with E-state index in [0.29, 0.717) is 19.4 Å². The summed E-state index contributed by atoms with van der Waals surface area (Å²) in [6.07, 6.45) is 0.264. The Morgan fingerprint density at radius 1 is 0.677 bits per heavy atom. The summed E-state index contributed by atoms with van der Waals surface area (Å²) in [4.78, 5) is 22.0. The van der Waals surface area contributed by atoms with Crippen molar-refractivity contribution >= 4 is 11.9 Å². The Morgan fingerprint density at radius 3 is 1.52 bits per heavy atom. The van der Waals surface area contributed by atoms with Crippen molar-refractivity contribution in [2.24, 2.45) is 0 Å². The molecule has 0 aliphatic heterocycles. The molecule has 0 aromatic carbocycles. The fraction of sp³-hybridized carbons (Fsp3) is 0.882. The zero-order chi connectivity index (χ0) is 19.9. The van der Waals surface area contributed by atoms with Gasteiger partial charge in [0.15, 0.2) is 6.10 Å². The number of hydrogen-bond acceptors (Lipinski definition) is 7. The SMILES string of the molecule is O=C(O)CCCCCCCCCCNC(=O)C(O)C(O)C(O)C(O)CO.[Ac].[Ac].[Ac].[Ac].[Ac]. The molecular weight excluding hydrogens is 1480 g/mol. The molecule has 31 heavy (non-hydrogen) atoms. The molecule has 0 aromatic rings. The standard InChI is InChI=1S/C17H33NO8.5Ac/c19-11-12(20)14(23)15(24)16(25)17(26)18-10-8-6-4-2-1-3-5-7-9-13(21)22;;;;;/h12,14-16,19-20,23-25H,1-11H2,(H,18,26)(H,21,22);;;;;. The van der Waals surface area contributed by atoms with Crippen molar-refractivity contribution in [1.29, 1.82) is 0 Å². The van der Waals surface area contributed by atoms with E-state index in [1.54, 1.807) is 0 Å². The summed E-state index contributed by atoms with van der Waals surface area (Å²) in [5.74, 6) is -1.61. The molecule has 0 spiro atoms. The van der Waals surface area contributed by atoms with Crippen molar-refractivity contribution in [3.63, 3.8) is 0 Å². The third-order valence-corrected chi connectivity index (χ3v) is 4.14. The maximum atomic E-state index is 11.7. The van der Waals surface area contributed by atoms with Crippen LogP contribution >= 0.6 is 0 Å². The summed E-state index contributed by atoms with van der Waals surface area (Å²) in [5, 5.41) is 57.5. The summed E-state index contributed by atoms with van der Waals surface area (Å²) >= 11 is 0. The van der Waals surface area contributed by atoms with Gasteiger partial charge in [0.2, 0.25) is 0 Å². The van der Waals surface area contributed by atoms with E-state index < -0.39 is 42.9 Å². The van der Waals surface area contributed by atoms with Gasteiger partial charge in [0.05, 0.1) is 6.61 Å². The summed E-state index contributed by atoms with van der Waals surface area (Å²) in [6, 6.07) is 0. The van der Waals surface area contributed by atoms with E-state index in [2.05, 4.69) is 5.32 Å². The average Bonchev–Trinajstić information content (AvgIpc) is 2.62. The van der Waals surface area contributed by atoms with Crippen molar-refractivity contribution < 1.29 is 261 Å². The van der Waals surface area contributed by atoms with Crippen LogP contribution in [0, 0.1) is 220 Å². The number of nitrogens with one attached hydrogen (secondary N) is 1. The molecule has 1 amide bonds. The number of aliphatic hydroxyl groups is 5. The van der Waals surface area contributed by atoms with Crippen molar-refractivity contribution in [3.8, 4) is 0 Å². The molecule has 0 aliphatic carbocycles. The zero-order valence-corrected chi connectivity index (χ0v) is 41.7. The third-order valence-electron chi connectivity index (χ3n) is 4.14. The van der Waals surface area contributed by atoms with Crippen LogP contribution < -0.4 is 5.32 Å². The van der Waals surface area contributed by atoms with Gasteiger partial charge < -0.3 is 36.0 Å². The maximum Gasteiger partial charge on any atom is 0.303 e. The Labute approximate surface area is 363 Å². The molecule has 0 fully saturated rings.